The molecule has 1 aromatic rings. The zero-order valence-electron chi connectivity index (χ0n) is 18.4. The molecule has 5 aliphatic rings. The summed E-state index contributed by atoms with van der Waals surface area (Å²) in [6.45, 7) is 8.06. The number of esters is 1. The van der Waals surface area contributed by atoms with Gasteiger partial charge in [0.1, 0.15) is 6.10 Å². The number of fused-ring (bicyclic) bond motifs is 3. The molecule has 0 unspecified atom stereocenters. The van der Waals surface area contributed by atoms with Crippen molar-refractivity contribution in [2.75, 3.05) is 44.2 Å². The molecule has 0 amide bonds. The van der Waals surface area contributed by atoms with Crippen LogP contribution < -0.4 is 4.90 Å². The van der Waals surface area contributed by atoms with Gasteiger partial charge in [-0.2, -0.15) is 0 Å². The molecule has 6 atom stereocenters. The van der Waals surface area contributed by atoms with Crippen LogP contribution in [0.3, 0.4) is 0 Å². The fraction of sp³-hybridized carbons (Fsp3) is 0.720. The molecule has 6 heteroatoms. The molecule has 3 aliphatic heterocycles. The van der Waals surface area contributed by atoms with E-state index in [9.17, 15) is 4.79 Å². The molecule has 5 fully saturated rings. The highest BCUT2D eigenvalue weighted by atomic mass is 35.5. The zero-order valence-corrected chi connectivity index (χ0v) is 19.2. The summed E-state index contributed by atoms with van der Waals surface area (Å²) in [5, 5.41) is 0.782. The van der Waals surface area contributed by atoms with Crippen molar-refractivity contribution in [3.63, 3.8) is 0 Å². The third kappa shape index (κ3) is 3.48. The zero-order chi connectivity index (χ0) is 21.2. The van der Waals surface area contributed by atoms with E-state index in [0.29, 0.717) is 11.8 Å². The van der Waals surface area contributed by atoms with E-state index in [1.54, 1.807) is 0 Å². The predicted molar refractivity (Wildman–Crippen MR) is 120 cm³/mol. The van der Waals surface area contributed by atoms with Gasteiger partial charge in [0.25, 0.3) is 0 Å². The maximum Gasteiger partial charge on any atom is 0.310 e. The van der Waals surface area contributed by atoms with Crippen molar-refractivity contribution < 1.29 is 14.3 Å². The molecule has 2 saturated carbocycles. The third-order valence-electron chi connectivity index (χ3n) is 9.08. The highest BCUT2D eigenvalue weighted by Crippen LogP contribution is 2.62. The summed E-state index contributed by atoms with van der Waals surface area (Å²) in [5.74, 6) is 1.01. The number of epoxide rings is 1. The maximum atomic E-state index is 12.9. The van der Waals surface area contributed by atoms with Gasteiger partial charge >= 0.3 is 5.97 Å². The first-order chi connectivity index (χ1) is 15.0. The van der Waals surface area contributed by atoms with Crippen LogP contribution >= 0.6 is 11.6 Å². The van der Waals surface area contributed by atoms with Crippen molar-refractivity contribution in [2.24, 2.45) is 23.2 Å². The molecule has 0 aromatic heterocycles. The Labute approximate surface area is 190 Å². The van der Waals surface area contributed by atoms with Gasteiger partial charge in [-0.1, -0.05) is 24.6 Å². The molecule has 31 heavy (non-hydrogen) atoms. The van der Waals surface area contributed by atoms with E-state index in [1.807, 2.05) is 18.2 Å². The van der Waals surface area contributed by atoms with Crippen molar-refractivity contribution in [2.45, 2.75) is 50.7 Å². The van der Waals surface area contributed by atoms with E-state index in [4.69, 9.17) is 21.1 Å². The lowest BCUT2D eigenvalue weighted by atomic mass is 9.53. The first kappa shape index (κ1) is 20.3. The standard InChI is InChI=1S/C25H33ClN2O3/c1-24-6-3-7-25(16-30-25)22(24)13-19-20(23(29)31-21(19)14-24)15-27-8-10-28(11-9-27)18-5-2-4-17(26)12-18/h2,4-5,12,19-22H,3,6-11,13-16H2,1H3/t19-,20+,21+,22-,24+,25-/m0/s1. The Morgan fingerprint density at radius 2 is 2.00 bits per heavy atom. The summed E-state index contributed by atoms with van der Waals surface area (Å²) in [7, 11) is 0. The van der Waals surface area contributed by atoms with Gasteiger partial charge in [0, 0.05) is 49.4 Å². The molecule has 0 bridgehead atoms. The molecule has 5 nitrogen and oxygen atoms in total. The van der Waals surface area contributed by atoms with Gasteiger partial charge in [0.2, 0.25) is 0 Å². The van der Waals surface area contributed by atoms with Crippen molar-refractivity contribution in [3.8, 4) is 0 Å². The van der Waals surface area contributed by atoms with Gasteiger partial charge in [-0.25, -0.2) is 0 Å². The second kappa shape index (κ2) is 7.36. The first-order valence-electron chi connectivity index (χ1n) is 12.0. The van der Waals surface area contributed by atoms with Crippen LogP contribution in [0.5, 0.6) is 0 Å². The second-order valence-corrected chi connectivity index (χ2v) is 11.3. The summed E-state index contributed by atoms with van der Waals surface area (Å²) in [4.78, 5) is 17.8. The molecule has 168 valence electrons. The van der Waals surface area contributed by atoms with Gasteiger partial charge in [-0.15, -0.1) is 0 Å². The lowest BCUT2D eigenvalue weighted by Gasteiger charge is -2.51. The van der Waals surface area contributed by atoms with Gasteiger partial charge in [-0.05, 0) is 61.6 Å². The summed E-state index contributed by atoms with van der Waals surface area (Å²) in [6, 6.07) is 8.09. The molecule has 3 heterocycles. The SMILES string of the molecule is C[C@]12CCC[C@]3(CO3)[C@H]1C[C@@H]1[C@@H](C2)OC(=O)[C@@H]1CN1CCN(c2cccc(Cl)c2)CC1. The number of benzene rings is 1. The Kier molecular flexibility index (Phi) is 4.82. The Hall–Kier alpha value is -1.30. The topological polar surface area (TPSA) is 45.3 Å². The number of hydrogen-bond donors (Lipinski definition) is 0. The van der Waals surface area contributed by atoms with Gasteiger partial charge in [0.05, 0.1) is 18.1 Å². The molecule has 1 spiro atoms. The highest BCUT2D eigenvalue weighted by molar-refractivity contribution is 6.30. The third-order valence-corrected chi connectivity index (χ3v) is 9.31. The number of rotatable bonds is 3. The van der Waals surface area contributed by atoms with Crippen LogP contribution in [0.15, 0.2) is 24.3 Å². The highest BCUT2D eigenvalue weighted by Gasteiger charge is 2.65. The van der Waals surface area contributed by atoms with Crippen LogP contribution in [-0.4, -0.2) is 61.9 Å². The van der Waals surface area contributed by atoms with Crippen LogP contribution in [0, 0.1) is 23.2 Å². The normalized spacial score (nSPS) is 42.3. The Morgan fingerprint density at radius 1 is 1.19 bits per heavy atom. The van der Waals surface area contributed by atoms with Gasteiger partial charge in [0.15, 0.2) is 0 Å². The number of halogens is 1. The maximum absolute atomic E-state index is 12.9. The summed E-state index contributed by atoms with van der Waals surface area (Å²) in [5.41, 5.74) is 1.58. The monoisotopic (exact) mass is 444 g/mol. The molecule has 0 radical (unpaired) electrons. The largest absolute Gasteiger partial charge is 0.462 e. The molecule has 1 aromatic carbocycles. The van der Waals surface area contributed by atoms with Crippen LogP contribution in [-0.2, 0) is 14.3 Å². The smallest absolute Gasteiger partial charge is 0.310 e. The molecular formula is C25H33ClN2O3. The number of carbonyl (C=O) groups is 1. The van der Waals surface area contributed by atoms with E-state index in [1.165, 1.54) is 24.9 Å². The molecular weight excluding hydrogens is 412 g/mol. The Balaban J connectivity index is 1.12. The minimum Gasteiger partial charge on any atom is -0.462 e. The average Bonchev–Trinajstić information content (AvgIpc) is 3.45. The molecule has 6 rings (SSSR count). The molecule has 0 N–H and O–H groups in total. The summed E-state index contributed by atoms with van der Waals surface area (Å²) in [6.07, 6.45) is 5.94. The minimum absolute atomic E-state index is 0.0185. The number of anilines is 1. The minimum atomic E-state index is 0.0185. The Bertz CT molecular complexity index is 866. The van der Waals surface area contributed by atoms with Crippen LogP contribution in [0.1, 0.15) is 39.0 Å². The Morgan fingerprint density at radius 3 is 2.74 bits per heavy atom. The quantitative estimate of drug-likeness (QED) is 0.521. The van der Waals surface area contributed by atoms with Crippen molar-refractivity contribution in [3.05, 3.63) is 29.3 Å². The number of piperazine rings is 1. The fourth-order valence-electron chi connectivity index (χ4n) is 7.31. The number of nitrogens with zero attached hydrogens (tertiary/aromatic N) is 2. The van der Waals surface area contributed by atoms with E-state index >= 15 is 0 Å². The summed E-state index contributed by atoms with van der Waals surface area (Å²) < 4.78 is 12.0. The van der Waals surface area contributed by atoms with Crippen LogP contribution in [0.25, 0.3) is 0 Å². The lowest BCUT2D eigenvalue weighted by molar-refractivity contribution is -0.147. The van der Waals surface area contributed by atoms with Crippen molar-refractivity contribution in [1.82, 2.24) is 4.90 Å². The van der Waals surface area contributed by atoms with Crippen molar-refractivity contribution in [1.29, 1.82) is 0 Å². The van der Waals surface area contributed by atoms with Crippen LogP contribution in [0.2, 0.25) is 5.02 Å². The number of carbonyl (C=O) groups excluding carboxylic acids is 1. The van der Waals surface area contributed by atoms with E-state index in [-0.39, 0.29) is 29.0 Å². The molecule has 3 saturated heterocycles. The van der Waals surface area contributed by atoms with E-state index in [0.717, 1.165) is 57.2 Å². The number of hydrogen-bond acceptors (Lipinski definition) is 5. The lowest BCUT2D eigenvalue weighted by Crippen LogP contribution is -2.52. The van der Waals surface area contributed by atoms with E-state index < -0.39 is 0 Å². The van der Waals surface area contributed by atoms with Crippen molar-refractivity contribution >= 4 is 23.3 Å². The number of ether oxygens (including phenoxy) is 2. The molecule has 2 aliphatic carbocycles. The predicted octanol–water partition coefficient (Wildman–Crippen LogP) is 3.99. The average molecular weight is 445 g/mol. The second-order valence-electron chi connectivity index (χ2n) is 10.9. The van der Waals surface area contributed by atoms with E-state index in [2.05, 4.69) is 22.8 Å². The first-order valence-corrected chi connectivity index (χ1v) is 12.4. The van der Waals surface area contributed by atoms with Gasteiger partial charge < -0.3 is 14.4 Å². The summed E-state index contributed by atoms with van der Waals surface area (Å²) >= 11 is 6.17. The fourth-order valence-corrected chi connectivity index (χ4v) is 7.49. The van der Waals surface area contributed by atoms with Crippen LogP contribution in [0.4, 0.5) is 5.69 Å². The van der Waals surface area contributed by atoms with Gasteiger partial charge in [-0.3, -0.25) is 9.69 Å².